The number of halogens is 1. The van der Waals surface area contributed by atoms with Gasteiger partial charge in [-0.3, -0.25) is 4.98 Å². The Morgan fingerprint density at radius 3 is 2.90 bits per heavy atom. The third-order valence-corrected chi connectivity index (χ3v) is 3.28. The Balaban J connectivity index is 1.99. The van der Waals surface area contributed by atoms with E-state index in [2.05, 4.69) is 15.0 Å². The first kappa shape index (κ1) is 12.8. The number of nitrogens with zero attached hydrogens (tertiary/aromatic N) is 4. The summed E-state index contributed by atoms with van der Waals surface area (Å²) in [5.74, 6) is 1.70. The summed E-state index contributed by atoms with van der Waals surface area (Å²) in [7, 11) is 1.56. The van der Waals surface area contributed by atoms with Crippen LogP contribution in [-0.4, -0.2) is 41.3 Å². The summed E-state index contributed by atoms with van der Waals surface area (Å²) >= 11 is 0. The molecule has 2 aromatic rings. The monoisotopic (exact) mass is 274 g/mol. The summed E-state index contributed by atoms with van der Waals surface area (Å²) < 4.78 is 18.7. The lowest BCUT2D eigenvalue weighted by Gasteiger charge is -2.19. The highest BCUT2D eigenvalue weighted by Gasteiger charge is 2.26. The first-order valence-corrected chi connectivity index (χ1v) is 6.49. The third-order valence-electron chi connectivity index (χ3n) is 3.28. The van der Waals surface area contributed by atoms with Gasteiger partial charge in [0.15, 0.2) is 17.4 Å². The van der Waals surface area contributed by atoms with Crippen molar-refractivity contribution in [1.29, 1.82) is 0 Å². The molecule has 0 unspecified atom stereocenters. The van der Waals surface area contributed by atoms with Gasteiger partial charge in [0, 0.05) is 12.7 Å². The molecule has 1 aliphatic heterocycles. The van der Waals surface area contributed by atoms with Crippen LogP contribution in [0.15, 0.2) is 30.6 Å². The molecule has 3 heterocycles. The predicted molar refractivity (Wildman–Crippen MR) is 73.5 cm³/mol. The Morgan fingerprint density at radius 2 is 2.25 bits per heavy atom. The molecule has 5 nitrogen and oxygen atoms in total. The quantitative estimate of drug-likeness (QED) is 0.858. The van der Waals surface area contributed by atoms with Gasteiger partial charge in [-0.2, -0.15) is 0 Å². The highest BCUT2D eigenvalue weighted by molar-refractivity contribution is 5.58. The molecular formula is C14H15FN4O. The highest BCUT2D eigenvalue weighted by atomic mass is 19.1. The fourth-order valence-electron chi connectivity index (χ4n) is 2.26. The lowest BCUT2D eigenvalue weighted by Crippen LogP contribution is -2.22. The molecule has 0 radical (unpaired) electrons. The van der Waals surface area contributed by atoms with E-state index in [1.807, 2.05) is 23.1 Å². The van der Waals surface area contributed by atoms with Gasteiger partial charge in [0.1, 0.15) is 11.9 Å². The van der Waals surface area contributed by atoms with E-state index < -0.39 is 6.17 Å². The molecule has 1 saturated heterocycles. The van der Waals surface area contributed by atoms with Gasteiger partial charge in [-0.25, -0.2) is 14.4 Å². The summed E-state index contributed by atoms with van der Waals surface area (Å²) in [6.45, 7) is 0.977. The second kappa shape index (κ2) is 5.40. The Kier molecular flexibility index (Phi) is 3.45. The number of aromatic nitrogens is 3. The van der Waals surface area contributed by atoms with Gasteiger partial charge in [-0.15, -0.1) is 0 Å². The fraction of sp³-hybridized carbons (Fsp3) is 0.357. The zero-order valence-electron chi connectivity index (χ0n) is 11.2. The zero-order chi connectivity index (χ0) is 13.9. The topological polar surface area (TPSA) is 51.1 Å². The molecule has 2 aromatic heterocycles. The second-order valence-corrected chi connectivity index (χ2v) is 4.63. The number of rotatable bonds is 3. The van der Waals surface area contributed by atoms with Crippen LogP contribution in [0, 0.1) is 0 Å². The van der Waals surface area contributed by atoms with Crippen LogP contribution in [0.4, 0.5) is 10.2 Å². The van der Waals surface area contributed by atoms with Gasteiger partial charge in [-0.1, -0.05) is 6.07 Å². The summed E-state index contributed by atoms with van der Waals surface area (Å²) in [6, 6.07) is 5.55. The van der Waals surface area contributed by atoms with Crippen molar-refractivity contribution >= 4 is 5.82 Å². The SMILES string of the molecule is COc1cnc(-c2ccccn2)nc1N1CC[C@H](F)C1. The maximum Gasteiger partial charge on any atom is 0.180 e. The average Bonchev–Trinajstić information content (AvgIpc) is 2.94. The van der Waals surface area contributed by atoms with Crippen LogP contribution in [0.25, 0.3) is 11.5 Å². The van der Waals surface area contributed by atoms with Crippen molar-refractivity contribution in [2.24, 2.45) is 0 Å². The van der Waals surface area contributed by atoms with Crippen LogP contribution in [0.3, 0.4) is 0 Å². The number of hydrogen-bond acceptors (Lipinski definition) is 5. The standard InChI is InChI=1S/C14H15FN4O/c1-20-12-8-17-13(11-4-2-3-6-16-11)18-14(12)19-7-5-10(15)9-19/h2-4,6,8,10H,5,7,9H2,1H3/t10-/m0/s1. The van der Waals surface area contributed by atoms with Crippen LogP contribution in [-0.2, 0) is 0 Å². The lowest BCUT2D eigenvalue weighted by molar-refractivity contribution is 0.363. The van der Waals surface area contributed by atoms with Crippen LogP contribution >= 0.6 is 0 Å². The van der Waals surface area contributed by atoms with Crippen molar-refractivity contribution < 1.29 is 9.13 Å². The van der Waals surface area contributed by atoms with E-state index in [0.29, 0.717) is 42.6 Å². The molecule has 0 saturated carbocycles. The second-order valence-electron chi connectivity index (χ2n) is 4.63. The number of ether oxygens (including phenoxy) is 1. The minimum Gasteiger partial charge on any atom is -0.491 e. The lowest BCUT2D eigenvalue weighted by atomic mass is 10.3. The number of pyridine rings is 1. The van der Waals surface area contributed by atoms with Gasteiger partial charge in [-0.05, 0) is 18.6 Å². The molecule has 1 fully saturated rings. The minimum atomic E-state index is -0.812. The molecule has 0 spiro atoms. The van der Waals surface area contributed by atoms with E-state index in [1.165, 1.54) is 0 Å². The largest absolute Gasteiger partial charge is 0.491 e. The molecule has 0 N–H and O–H groups in total. The molecule has 0 aliphatic carbocycles. The first-order valence-electron chi connectivity index (χ1n) is 6.49. The summed E-state index contributed by atoms with van der Waals surface area (Å²) in [5.41, 5.74) is 0.687. The molecule has 6 heteroatoms. The Bertz CT molecular complexity index is 593. The fourth-order valence-corrected chi connectivity index (χ4v) is 2.26. The van der Waals surface area contributed by atoms with E-state index in [4.69, 9.17) is 4.74 Å². The molecule has 3 rings (SSSR count). The normalized spacial score (nSPS) is 18.3. The number of methoxy groups -OCH3 is 1. The molecular weight excluding hydrogens is 259 g/mol. The Hall–Kier alpha value is -2.24. The van der Waals surface area contributed by atoms with Gasteiger partial charge >= 0.3 is 0 Å². The van der Waals surface area contributed by atoms with Crippen molar-refractivity contribution in [3.05, 3.63) is 30.6 Å². The van der Waals surface area contributed by atoms with Gasteiger partial charge in [0.05, 0.1) is 19.9 Å². The van der Waals surface area contributed by atoms with Crippen molar-refractivity contribution in [2.45, 2.75) is 12.6 Å². The molecule has 0 aromatic carbocycles. The minimum absolute atomic E-state index is 0.342. The van der Waals surface area contributed by atoms with Gasteiger partial charge < -0.3 is 9.64 Å². The summed E-state index contributed by atoms with van der Waals surface area (Å²) in [6.07, 6.45) is 3.01. The molecule has 1 atom stereocenters. The van der Waals surface area contributed by atoms with Gasteiger partial charge in [0.25, 0.3) is 0 Å². The van der Waals surface area contributed by atoms with E-state index in [9.17, 15) is 4.39 Å². The van der Waals surface area contributed by atoms with Gasteiger partial charge in [0.2, 0.25) is 0 Å². The van der Waals surface area contributed by atoms with E-state index >= 15 is 0 Å². The number of alkyl halides is 1. The first-order chi connectivity index (χ1) is 9.78. The van der Waals surface area contributed by atoms with E-state index in [-0.39, 0.29) is 0 Å². The van der Waals surface area contributed by atoms with E-state index in [1.54, 1.807) is 19.5 Å². The zero-order valence-corrected chi connectivity index (χ0v) is 11.2. The molecule has 104 valence electrons. The maximum atomic E-state index is 13.4. The van der Waals surface area contributed by atoms with Crippen LogP contribution in [0.2, 0.25) is 0 Å². The smallest absolute Gasteiger partial charge is 0.180 e. The van der Waals surface area contributed by atoms with E-state index in [0.717, 1.165) is 0 Å². The predicted octanol–water partition coefficient (Wildman–Crippen LogP) is 2.10. The highest BCUT2D eigenvalue weighted by Crippen LogP contribution is 2.30. The molecule has 0 amide bonds. The number of anilines is 1. The third kappa shape index (κ3) is 2.41. The summed E-state index contributed by atoms with van der Waals surface area (Å²) in [4.78, 5) is 14.9. The van der Waals surface area contributed by atoms with Crippen molar-refractivity contribution in [2.75, 3.05) is 25.1 Å². The molecule has 1 aliphatic rings. The Labute approximate surface area is 116 Å². The maximum absolute atomic E-state index is 13.4. The van der Waals surface area contributed by atoms with Crippen molar-refractivity contribution in [3.63, 3.8) is 0 Å². The Morgan fingerprint density at radius 1 is 1.35 bits per heavy atom. The van der Waals surface area contributed by atoms with Crippen molar-refractivity contribution in [3.8, 4) is 17.3 Å². The van der Waals surface area contributed by atoms with Crippen LogP contribution in [0.1, 0.15) is 6.42 Å². The van der Waals surface area contributed by atoms with Crippen molar-refractivity contribution in [1.82, 2.24) is 15.0 Å². The van der Waals surface area contributed by atoms with Crippen LogP contribution in [0.5, 0.6) is 5.75 Å². The molecule has 0 bridgehead atoms. The average molecular weight is 274 g/mol. The number of hydrogen-bond donors (Lipinski definition) is 0. The summed E-state index contributed by atoms with van der Waals surface area (Å²) in [5, 5.41) is 0. The molecule has 20 heavy (non-hydrogen) atoms. The van der Waals surface area contributed by atoms with Crippen LogP contribution < -0.4 is 9.64 Å².